The topological polar surface area (TPSA) is 41.8 Å². The van der Waals surface area contributed by atoms with Crippen molar-refractivity contribution in [2.75, 3.05) is 0 Å². The van der Waals surface area contributed by atoms with E-state index in [1.807, 2.05) is 12.1 Å². The standard InChI is InChI=1S/C13H17NO2/c1-9-4-6-10(7-5-9)11-8-12(16-14-11)13(2,3)15/h4-7,12,15H,8H2,1-3H3/t12-/m0/s1. The SMILES string of the molecule is Cc1ccc(C2=NO[C@H](C(C)(C)O)C2)cc1. The van der Waals surface area contributed by atoms with Gasteiger partial charge in [0.1, 0.15) is 0 Å². The van der Waals surface area contributed by atoms with Gasteiger partial charge in [0.2, 0.25) is 0 Å². The molecule has 0 spiro atoms. The fourth-order valence-corrected chi connectivity index (χ4v) is 1.67. The zero-order valence-electron chi connectivity index (χ0n) is 9.90. The van der Waals surface area contributed by atoms with Gasteiger partial charge >= 0.3 is 0 Å². The molecule has 1 aromatic carbocycles. The van der Waals surface area contributed by atoms with Crippen LogP contribution < -0.4 is 0 Å². The average Bonchev–Trinajstić information content (AvgIpc) is 2.67. The van der Waals surface area contributed by atoms with Crippen LogP contribution in [0.3, 0.4) is 0 Å². The minimum atomic E-state index is -0.851. The van der Waals surface area contributed by atoms with Gasteiger partial charge < -0.3 is 9.94 Å². The largest absolute Gasteiger partial charge is 0.389 e. The van der Waals surface area contributed by atoms with Crippen LogP contribution in [0.1, 0.15) is 31.4 Å². The van der Waals surface area contributed by atoms with Crippen molar-refractivity contribution in [2.24, 2.45) is 5.16 Å². The summed E-state index contributed by atoms with van der Waals surface area (Å²) in [5.41, 5.74) is 2.35. The molecule has 1 atom stereocenters. The minimum absolute atomic E-state index is 0.246. The van der Waals surface area contributed by atoms with E-state index in [1.165, 1.54) is 5.56 Å². The molecule has 86 valence electrons. The van der Waals surface area contributed by atoms with Gasteiger partial charge in [-0.3, -0.25) is 0 Å². The highest BCUT2D eigenvalue weighted by Crippen LogP contribution is 2.24. The van der Waals surface area contributed by atoms with E-state index in [2.05, 4.69) is 24.2 Å². The normalized spacial score (nSPS) is 20.5. The number of nitrogens with zero attached hydrogens (tertiary/aromatic N) is 1. The van der Waals surface area contributed by atoms with E-state index in [1.54, 1.807) is 13.8 Å². The molecule has 0 fully saturated rings. The third kappa shape index (κ3) is 2.25. The first-order chi connectivity index (χ1) is 7.47. The first-order valence-corrected chi connectivity index (χ1v) is 5.49. The van der Waals surface area contributed by atoms with Crippen LogP contribution in [0.2, 0.25) is 0 Å². The van der Waals surface area contributed by atoms with Crippen LogP contribution in [0.15, 0.2) is 29.4 Å². The van der Waals surface area contributed by atoms with Crippen molar-refractivity contribution in [3.63, 3.8) is 0 Å². The third-order valence-corrected chi connectivity index (χ3v) is 2.84. The molecule has 1 aliphatic rings. The summed E-state index contributed by atoms with van der Waals surface area (Å²) in [5.74, 6) is 0. The van der Waals surface area contributed by atoms with Crippen molar-refractivity contribution in [3.05, 3.63) is 35.4 Å². The van der Waals surface area contributed by atoms with Crippen LogP contribution in [-0.2, 0) is 4.84 Å². The Balaban J connectivity index is 2.12. The molecule has 1 N–H and O–H groups in total. The lowest BCUT2D eigenvalue weighted by atomic mass is 9.95. The van der Waals surface area contributed by atoms with Gasteiger partial charge in [0, 0.05) is 6.42 Å². The predicted molar refractivity (Wildman–Crippen MR) is 63.5 cm³/mol. The lowest BCUT2D eigenvalue weighted by molar-refractivity contribution is -0.0719. The number of aliphatic hydroxyl groups is 1. The second kappa shape index (κ2) is 3.91. The highest BCUT2D eigenvalue weighted by atomic mass is 16.7. The molecule has 0 unspecified atom stereocenters. The Morgan fingerprint density at radius 3 is 2.44 bits per heavy atom. The quantitative estimate of drug-likeness (QED) is 0.829. The van der Waals surface area contributed by atoms with E-state index in [4.69, 9.17) is 4.84 Å². The highest BCUT2D eigenvalue weighted by Gasteiger charge is 2.34. The summed E-state index contributed by atoms with van der Waals surface area (Å²) in [6, 6.07) is 8.17. The Morgan fingerprint density at radius 2 is 1.94 bits per heavy atom. The van der Waals surface area contributed by atoms with Gasteiger partial charge in [0.05, 0.1) is 11.3 Å². The predicted octanol–water partition coefficient (Wildman–Crippen LogP) is 2.26. The summed E-state index contributed by atoms with van der Waals surface area (Å²) in [6.45, 7) is 5.53. The average molecular weight is 219 g/mol. The molecule has 16 heavy (non-hydrogen) atoms. The lowest BCUT2D eigenvalue weighted by Crippen LogP contribution is -2.35. The Kier molecular flexibility index (Phi) is 2.72. The third-order valence-electron chi connectivity index (χ3n) is 2.84. The first kappa shape index (κ1) is 11.1. The van der Waals surface area contributed by atoms with Crippen LogP contribution in [0.25, 0.3) is 0 Å². The Labute approximate surface area is 95.7 Å². The molecule has 0 saturated heterocycles. The second-order valence-corrected chi connectivity index (χ2v) is 4.86. The van der Waals surface area contributed by atoms with Crippen molar-refractivity contribution in [2.45, 2.75) is 38.9 Å². The molecule has 1 heterocycles. The molecule has 1 aromatic rings. The van der Waals surface area contributed by atoms with Crippen LogP contribution in [0.4, 0.5) is 0 Å². The highest BCUT2D eigenvalue weighted by molar-refractivity contribution is 6.01. The number of oxime groups is 1. The molecular weight excluding hydrogens is 202 g/mol. The summed E-state index contributed by atoms with van der Waals surface area (Å²) in [7, 11) is 0. The van der Waals surface area contributed by atoms with Crippen molar-refractivity contribution in [3.8, 4) is 0 Å². The van der Waals surface area contributed by atoms with E-state index in [-0.39, 0.29) is 6.10 Å². The first-order valence-electron chi connectivity index (χ1n) is 5.49. The zero-order valence-corrected chi connectivity index (χ0v) is 9.90. The summed E-state index contributed by atoms with van der Waals surface area (Å²) in [5, 5.41) is 13.9. The maximum atomic E-state index is 9.83. The molecule has 1 aliphatic heterocycles. The molecular formula is C13H17NO2. The van der Waals surface area contributed by atoms with Crippen LogP contribution in [0, 0.1) is 6.92 Å². The number of rotatable bonds is 2. The van der Waals surface area contributed by atoms with Crippen molar-refractivity contribution >= 4 is 5.71 Å². The lowest BCUT2D eigenvalue weighted by Gasteiger charge is -2.22. The second-order valence-electron chi connectivity index (χ2n) is 4.86. The zero-order chi connectivity index (χ0) is 11.8. The summed E-state index contributed by atoms with van der Waals surface area (Å²) in [4.78, 5) is 5.25. The van der Waals surface area contributed by atoms with Gasteiger partial charge in [-0.2, -0.15) is 0 Å². The summed E-state index contributed by atoms with van der Waals surface area (Å²) in [6.07, 6.45) is 0.413. The van der Waals surface area contributed by atoms with Gasteiger partial charge in [-0.15, -0.1) is 0 Å². The smallest absolute Gasteiger partial charge is 0.161 e. The molecule has 0 saturated carbocycles. The van der Waals surface area contributed by atoms with E-state index in [9.17, 15) is 5.11 Å². The van der Waals surface area contributed by atoms with Gasteiger partial charge in [-0.25, -0.2) is 0 Å². The summed E-state index contributed by atoms with van der Waals surface area (Å²) < 4.78 is 0. The van der Waals surface area contributed by atoms with Gasteiger partial charge in [0.25, 0.3) is 0 Å². The minimum Gasteiger partial charge on any atom is -0.389 e. The van der Waals surface area contributed by atoms with Gasteiger partial charge in [-0.1, -0.05) is 35.0 Å². The van der Waals surface area contributed by atoms with Crippen LogP contribution in [-0.4, -0.2) is 22.5 Å². The molecule has 0 aromatic heterocycles. The number of hydrogen-bond donors (Lipinski definition) is 1. The van der Waals surface area contributed by atoms with Gasteiger partial charge in [-0.05, 0) is 26.3 Å². The fourth-order valence-electron chi connectivity index (χ4n) is 1.67. The number of hydrogen-bond acceptors (Lipinski definition) is 3. The van der Waals surface area contributed by atoms with E-state index in [0.29, 0.717) is 6.42 Å². The van der Waals surface area contributed by atoms with Gasteiger partial charge in [0.15, 0.2) is 6.10 Å². The fraction of sp³-hybridized carbons (Fsp3) is 0.462. The molecule has 0 aliphatic carbocycles. The maximum absolute atomic E-state index is 9.83. The molecule has 0 radical (unpaired) electrons. The maximum Gasteiger partial charge on any atom is 0.161 e. The van der Waals surface area contributed by atoms with Crippen LogP contribution >= 0.6 is 0 Å². The Hall–Kier alpha value is -1.35. The van der Waals surface area contributed by atoms with E-state index >= 15 is 0 Å². The summed E-state index contributed by atoms with van der Waals surface area (Å²) >= 11 is 0. The monoisotopic (exact) mass is 219 g/mol. The van der Waals surface area contributed by atoms with Crippen molar-refractivity contribution in [1.29, 1.82) is 0 Å². The van der Waals surface area contributed by atoms with E-state index in [0.717, 1.165) is 11.3 Å². The molecule has 3 nitrogen and oxygen atoms in total. The van der Waals surface area contributed by atoms with Crippen molar-refractivity contribution < 1.29 is 9.94 Å². The molecule has 2 rings (SSSR count). The van der Waals surface area contributed by atoms with Crippen LogP contribution in [0.5, 0.6) is 0 Å². The molecule has 3 heteroatoms. The van der Waals surface area contributed by atoms with Crippen molar-refractivity contribution in [1.82, 2.24) is 0 Å². The molecule has 0 amide bonds. The Bertz CT molecular complexity index is 401. The number of benzene rings is 1. The Morgan fingerprint density at radius 1 is 1.31 bits per heavy atom. The number of aryl methyl sites for hydroxylation is 1. The molecule has 0 bridgehead atoms. The van der Waals surface area contributed by atoms with E-state index < -0.39 is 5.60 Å².